The lowest BCUT2D eigenvalue weighted by molar-refractivity contribution is 0.396. The first kappa shape index (κ1) is 13.7. The maximum absolute atomic E-state index is 5.83. The number of nitrogens with two attached hydrogens (primary N) is 1. The number of anilines is 1. The van der Waals surface area contributed by atoms with E-state index in [-0.39, 0.29) is 0 Å². The molecule has 0 aliphatic rings. The molecule has 2 N–H and O–H groups in total. The Hall–Kier alpha value is -1.75. The van der Waals surface area contributed by atoms with E-state index < -0.39 is 0 Å². The molecule has 0 saturated heterocycles. The fourth-order valence-electron chi connectivity index (χ4n) is 2.08. The molecule has 0 amide bonds. The predicted molar refractivity (Wildman–Crippen MR) is 79.2 cm³/mol. The molecule has 0 radical (unpaired) electrons. The number of benzene rings is 1. The summed E-state index contributed by atoms with van der Waals surface area (Å²) in [5, 5.41) is 0.566. The SMILES string of the molecule is CCc1sc(N)nc1-c1c(OC)cc(C)cc1OC. The first-order valence-corrected chi connectivity index (χ1v) is 6.90. The fourth-order valence-corrected chi connectivity index (χ4v) is 2.86. The second-order valence-corrected chi connectivity index (χ2v) is 5.34. The monoisotopic (exact) mass is 278 g/mol. The summed E-state index contributed by atoms with van der Waals surface area (Å²) in [5.41, 5.74) is 8.65. The molecule has 102 valence electrons. The third-order valence-corrected chi connectivity index (χ3v) is 3.95. The molecule has 1 heterocycles. The van der Waals surface area contributed by atoms with Crippen LogP contribution < -0.4 is 15.2 Å². The van der Waals surface area contributed by atoms with Crippen LogP contribution in [-0.4, -0.2) is 19.2 Å². The summed E-state index contributed by atoms with van der Waals surface area (Å²) in [6, 6.07) is 3.96. The molecule has 0 unspecified atom stereocenters. The maximum atomic E-state index is 5.83. The average molecular weight is 278 g/mol. The second kappa shape index (κ2) is 5.48. The number of aromatic nitrogens is 1. The van der Waals surface area contributed by atoms with Crippen LogP contribution in [0.25, 0.3) is 11.3 Å². The third-order valence-electron chi connectivity index (χ3n) is 2.92. The van der Waals surface area contributed by atoms with Crippen molar-refractivity contribution in [2.24, 2.45) is 0 Å². The molecular formula is C14H18N2O2S. The summed E-state index contributed by atoms with van der Waals surface area (Å²) in [6.45, 7) is 4.09. The van der Waals surface area contributed by atoms with Crippen molar-refractivity contribution >= 4 is 16.5 Å². The van der Waals surface area contributed by atoms with Gasteiger partial charge in [-0.15, -0.1) is 11.3 Å². The number of rotatable bonds is 4. The van der Waals surface area contributed by atoms with Crippen molar-refractivity contribution in [3.8, 4) is 22.8 Å². The van der Waals surface area contributed by atoms with Crippen LogP contribution >= 0.6 is 11.3 Å². The molecule has 0 fully saturated rings. The van der Waals surface area contributed by atoms with Crippen molar-refractivity contribution < 1.29 is 9.47 Å². The predicted octanol–water partition coefficient (Wildman–Crippen LogP) is 3.28. The van der Waals surface area contributed by atoms with E-state index in [1.165, 1.54) is 11.3 Å². The Labute approximate surface area is 117 Å². The van der Waals surface area contributed by atoms with Gasteiger partial charge in [0.1, 0.15) is 11.5 Å². The van der Waals surface area contributed by atoms with Crippen LogP contribution in [0.15, 0.2) is 12.1 Å². The minimum absolute atomic E-state index is 0.566. The van der Waals surface area contributed by atoms with Gasteiger partial charge in [-0.05, 0) is 31.0 Å². The van der Waals surface area contributed by atoms with Gasteiger partial charge in [0.05, 0.1) is 25.5 Å². The highest BCUT2D eigenvalue weighted by Crippen LogP contribution is 2.42. The first-order chi connectivity index (χ1) is 9.10. The van der Waals surface area contributed by atoms with Crippen LogP contribution in [0.2, 0.25) is 0 Å². The van der Waals surface area contributed by atoms with E-state index in [9.17, 15) is 0 Å². The first-order valence-electron chi connectivity index (χ1n) is 6.08. The van der Waals surface area contributed by atoms with E-state index in [1.807, 2.05) is 19.1 Å². The van der Waals surface area contributed by atoms with E-state index >= 15 is 0 Å². The lowest BCUT2D eigenvalue weighted by atomic mass is 10.0. The summed E-state index contributed by atoms with van der Waals surface area (Å²) in [4.78, 5) is 5.57. The van der Waals surface area contributed by atoms with Gasteiger partial charge in [-0.25, -0.2) is 4.98 Å². The van der Waals surface area contributed by atoms with Crippen LogP contribution in [0.5, 0.6) is 11.5 Å². The third kappa shape index (κ3) is 2.51. The molecule has 0 aliphatic heterocycles. The molecule has 2 aromatic rings. The lowest BCUT2D eigenvalue weighted by Crippen LogP contribution is -1.96. The van der Waals surface area contributed by atoms with Crippen molar-refractivity contribution in [1.82, 2.24) is 4.98 Å². The number of aryl methyl sites for hydroxylation is 2. The van der Waals surface area contributed by atoms with Gasteiger partial charge in [0, 0.05) is 4.88 Å². The molecule has 1 aromatic carbocycles. The van der Waals surface area contributed by atoms with Gasteiger partial charge in [-0.1, -0.05) is 6.92 Å². The van der Waals surface area contributed by atoms with Gasteiger partial charge in [-0.2, -0.15) is 0 Å². The Morgan fingerprint density at radius 2 is 1.79 bits per heavy atom. The van der Waals surface area contributed by atoms with Crippen molar-refractivity contribution in [2.75, 3.05) is 20.0 Å². The van der Waals surface area contributed by atoms with Gasteiger partial charge in [0.2, 0.25) is 0 Å². The summed E-state index contributed by atoms with van der Waals surface area (Å²) < 4.78 is 11.0. The van der Waals surface area contributed by atoms with Gasteiger partial charge >= 0.3 is 0 Å². The summed E-state index contributed by atoms with van der Waals surface area (Å²) in [7, 11) is 3.30. The quantitative estimate of drug-likeness (QED) is 0.932. The highest BCUT2D eigenvalue weighted by atomic mass is 32.1. The molecule has 0 bridgehead atoms. The van der Waals surface area contributed by atoms with Crippen molar-refractivity contribution in [1.29, 1.82) is 0 Å². The van der Waals surface area contributed by atoms with E-state index in [0.29, 0.717) is 5.13 Å². The standard InChI is InChI=1S/C14H18N2O2S/c1-5-11-13(16-14(15)19-11)12-9(17-3)6-8(2)7-10(12)18-4/h6-7H,5H2,1-4H3,(H2,15,16). The number of thiazole rings is 1. The topological polar surface area (TPSA) is 57.4 Å². The van der Waals surface area contributed by atoms with E-state index in [0.717, 1.165) is 39.6 Å². The maximum Gasteiger partial charge on any atom is 0.180 e. The highest BCUT2D eigenvalue weighted by molar-refractivity contribution is 7.15. The molecule has 0 aliphatic carbocycles. The van der Waals surface area contributed by atoms with Crippen LogP contribution in [0.1, 0.15) is 17.4 Å². The molecule has 2 rings (SSSR count). The normalized spacial score (nSPS) is 10.5. The number of hydrogen-bond acceptors (Lipinski definition) is 5. The van der Waals surface area contributed by atoms with E-state index in [2.05, 4.69) is 11.9 Å². The summed E-state index contributed by atoms with van der Waals surface area (Å²) in [6.07, 6.45) is 0.879. The Morgan fingerprint density at radius 3 is 2.26 bits per heavy atom. The zero-order valence-electron chi connectivity index (χ0n) is 11.6. The summed E-state index contributed by atoms with van der Waals surface area (Å²) in [5.74, 6) is 1.52. The largest absolute Gasteiger partial charge is 0.496 e. The highest BCUT2D eigenvalue weighted by Gasteiger charge is 2.20. The Bertz CT molecular complexity index is 568. The number of nitrogens with zero attached hydrogens (tertiary/aromatic N) is 1. The number of hydrogen-bond donors (Lipinski definition) is 1. The van der Waals surface area contributed by atoms with Gasteiger partial charge in [0.15, 0.2) is 5.13 Å². The average Bonchev–Trinajstić information content (AvgIpc) is 2.78. The van der Waals surface area contributed by atoms with Crippen molar-refractivity contribution in [3.63, 3.8) is 0 Å². The molecular weight excluding hydrogens is 260 g/mol. The zero-order chi connectivity index (χ0) is 14.0. The minimum atomic E-state index is 0.566. The minimum Gasteiger partial charge on any atom is -0.496 e. The van der Waals surface area contributed by atoms with Gasteiger partial charge < -0.3 is 15.2 Å². The van der Waals surface area contributed by atoms with Crippen LogP contribution in [0, 0.1) is 6.92 Å². The second-order valence-electron chi connectivity index (χ2n) is 4.22. The molecule has 4 nitrogen and oxygen atoms in total. The Morgan fingerprint density at radius 1 is 1.21 bits per heavy atom. The molecule has 5 heteroatoms. The Balaban J connectivity index is 2.72. The number of nitrogen functional groups attached to an aromatic ring is 1. The van der Waals surface area contributed by atoms with E-state index in [4.69, 9.17) is 15.2 Å². The van der Waals surface area contributed by atoms with Crippen LogP contribution in [0.3, 0.4) is 0 Å². The fraction of sp³-hybridized carbons (Fsp3) is 0.357. The zero-order valence-corrected chi connectivity index (χ0v) is 12.4. The van der Waals surface area contributed by atoms with Gasteiger partial charge in [-0.3, -0.25) is 0 Å². The van der Waals surface area contributed by atoms with Crippen LogP contribution in [0.4, 0.5) is 5.13 Å². The molecule has 0 spiro atoms. The molecule has 0 saturated carbocycles. The number of methoxy groups -OCH3 is 2. The molecule has 0 atom stereocenters. The van der Waals surface area contributed by atoms with Crippen molar-refractivity contribution in [2.45, 2.75) is 20.3 Å². The van der Waals surface area contributed by atoms with E-state index in [1.54, 1.807) is 14.2 Å². The molecule has 19 heavy (non-hydrogen) atoms. The molecule has 1 aromatic heterocycles. The van der Waals surface area contributed by atoms with Gasteiger partial charge in [0.25, 0.3) is 0 Å². The Kier molecular flexibility index (Phi) is 3.95. The summed E-state index contributed by atoms with van der Waals surface area (Å²) >= 11 is 1.51. The lowest BCUT2D eigenvalue weighted by Gasteiger charge is -2.13. The van der Waals surface area contributed by atoms with Crippen LogP contribution in [-0.2, 0) is 6.42 Å². The number of ether oxygens (including phenoxy) is 2. The smallest absolute Gasteiger partial charge is 0.180 e. The van der Waals surface area contributed by atoms with Crippen molar-refractivity contribution in [3.05, 3.63) is 22.6 Å².